The molecule has 0 bridgehead atoms. The first kappa shape index (κ1) is 11.5. The first-order chi connectivity index (χ1) is 9.66. The van der Waals surface area contributed by atoms with E-state index >= 15 is 0 Å². The minimum absolute atomic E-state index is 0.288. The summed E-state index contributed by atoms with van der Waals surface area (Å²) in [5.41, 5.74) is 11.9. The lowest BCUT2D eigenvalue weighted by atomic mass is 9.91. The molecular formula is C17H16N2O. The highest BCUT2D eigenvalue weighted by molar-refractivity contribution is 5.78. The maximum atomic E-state index is 5.66. The fraction of sp³-hybridized carbons (Fsp3) is 0.235. The Morgan fingerprint density at radius 3 is 2.70 bits per heavy atom. The van der Waals surface area contributed by atoms with Crippen LogP contribution in [0.4, 0.5) is 0 Å². The van der Waals surface area contributed by atoms with Gasteiger partial charge in [-0.15, -0.1) is 0 Å². The van der Waals surface area contributed by atoms with Crippen molar-refractivity contribution < 1.29 is 4.74 Å². The van der Waals surface area contributed by atoms with Crippen molar-refractivity contribution in [3.8, 4) is 11.1 Å². The Balaban J connectivity index is 1.80. The number of ether oxygens (including phenoxy) is 1. The molecule has 0 spiro atoms. The van der Waals surface area contributed by atoms with Crippen LogP contribution in [0.25, 0.3) is 11.1 Å². The highest BCUT2D eigenvalue weighted by atomic mass is 16.5. The lowest BCUT2D eigenvalue weighted by Crippen LogP contribution is -2.20. The van der Waals surface area contributed by atoms with Gasteiger partial charge < -0.3 is 10.5 Å². The molecule has 1 aliphatic heterocycles. The summed E-state index contributed by atoms with van der Waals surface area (Å²) in [5, 5.41) is 0. The van der Waals surface area contributed by atoms with Crippen molar-refractivity contribution in [1.29, 1.82) is 0 Å². The van der Waals surface area contributed by atoms with Crippen LogP contribution in [-0.4, -0.2) is 12.6 Å². The van der Waals surface area contributed by atoms with Gasteiger partial charge >= 0.3 is 0 Å². The zero-order valence-electron chi connectivity index (χ0n) is 11.4. The maximum Gasteiger partial charge on any atom is 0.283 e. The van der Waals surface area contributed by atoms with E-state index in [0.717, 1.165) is 6.42 Å². The Labute approximate surface area is 118 Å². The predicted octanol–water partition coefficient (Wildman–Crippen LogP) is 2.82. The predicted molar refractivity (Wildman–Crippen MR) is 79.6 cm³/mol. The lowest BCUT2D eigenvalue weighted by molar-refractivity contribution is 0.266. The van der Waals surface area contributed by atoms with Crippen LogP contribution in [0.15, 0.2) is 47.5 Å². The number of rotatable bonds is 1. The summed E-state index contributed by atoms with van der Waals surface area (Å²) in [6, 6.07) is 15.5. The molecule has 2 aromatic carbocycles. The van der Waals surface area contributed by atoms with Crippen molar-refractivity contribution in [3.63, 3.8) is 0 Å². The number of benzene rings is 2. The molecule has 3 heteroatoms. The van der Waals surface area contributed by atoms with E-state index in [1.165, 1.54) is 27.8 Å². The molecular weight excluding hydrogens is 248 g/mol. The van der Waals surface area contributed by atoms with E-state index in [9.17, 15) is 0 Å². The van der Waals surface area contributed by atoms with Gasteiger partial charge in [-0.1, -0.05) is 42.5 Å². The Kier molecular flexibility index (Phi) is 2.22. The summed E-state index contributed by atoms with van der Waals surface area (Å²) in [6.07, 6.45) is 0.996. The molecule has 20 heavy (non-hydrogen) atoms. The first-order valence-electron chi connectivity index (χ1n) is 6.85. The van der Waals surface area contributed by atoms with Crippen molar-refractivity contribution in [2.75, 3.05) is 6.61 Å². The van der Waals surface area contributed by atoms with Gasteiger partial charge in [-0.05, 0) is 41.2 Å². The van der Waals surface area contributed by atoms with E-state index in [1.54, 1.807) is 0 Å². The van der Waals surface area contributed by atoms with Gasteiger partial charge in [0.1, 0.15) is 12.1 Å². The summed E-state index contributed by atoms with van der Waals surface area (Å²) in [6.45, 7) is 2.58. The number of hydrogen-bond donors (Lipinski definition) is 1. The minimum Gasteiger partial charge on any atom is -0.462 e. The van der Waals surface area contributed by atoms with E-state index in [2.05, 4.69) is 54.4 Å². The molecule has 2 N–H and O–H groups in total. The van der Waals surface area contributed by atoms with Crippen LogP contribution in [0.3, 0.4) is 0 Å². The molecule has 0 aromatic heterocycles. The van der Waals surface area contributed by atoms with Crippen molar-refractivity contribution in [2.24, 2.45) is 10.7 Å². The molecule has 1 aliphatic carbocycles. The molecule has 0 amide bonds. The second kappa shape index (κ2) is 3.85. The average Bonchev–Trinajstić information content (AvgIpc) is 2.99. The standard InChI is InChI=1S/C17H16N2O/c1-17(10-20-16(18)19-17)13-6-7-15-12(9-13)8-11-4-2-3-5-14(11)15/h2-7,9H,8,10H2,1H3,(H2,18,19). The third kappa shape index (κ3) is 1.56. The summed E-state index contributed by atoms with van der Waals surface area (Å²) >= 11 is 0. The second-order valence-electron chi connectivity index (χ2n) is 5.72. The smallest absolute Gasteiger partial charge is 0.283 e. The third-order valence-electron chi connectivity index (χ3n) is 4.27. The molecule has 2 aromatic rings. The molecule has 0 radical (unpaired) electrons. The van der Waals surface area contributed by atoms with Crippen molar-refractivity contribution in [3.05, 3.63) is 59.2 Å². The second-order valence-corrected chi connectivity index (χ2v) is 5.72. The highest BCUT2D eigenvalue weighted by Gasteiger charge is 2.33. The minimum atomic E-state index is -0.353. The Morgan fingerprint density at radius 1 is 1.10 bits per heavy atom. The molecule has 3 nitrogen and oxygen atoms in total. The lowest BCUT2D eigenvalue weighted by Gasteiger charge is -2.19. The quantitative estimate of drug-likeness (QED) is 0.734. The van der Waals surface area contributed by atoms with E-state index in [4.69, 9.17) is 10.5 Å². The van der Waals surface area contributed by atoms with Crippen LogP contribution >= 0.6 is 0 Å². The van der Waals surface area contributed by atoms with E-state index in [-0.39, 0.29) is 11.6 Å². The van der Waals surface area contributed by atoms with Crippen molar-refractivity contribution >= 4 is 6.02 Å². The van der Waals surface area contributed by atoms with Crippen LogP contribution in [0, 0.1) is 0 Å². The number of amidine groups is 1. The number of hydrogen-bond acceptors (Lipinski definition) is 3. The topological polar surface area (TPSA) is 47.6 Å². The fourth-order valence-electron chi connectivity index (χ4n) is 3.15. The van der Waals surface area contributed by atoms with Gasteiger partial charge in [0.2, 0.25) is 0 Å². The number of aliphatic imine (C=N–C) groups is 1. The van der Waals surface area contributed by atoms with Gasteiger partial charge in [0.15, 0.2) is 0 Å². The van der Waals surface area contributed by atoms with Crippen molar-refractivity contribution in [2.45, 2.75) is 18.9 Å². The zero-order chi connectivity index (χ0) is 13.7. The molecule has 0 saturated carbocycles. The van der Waals surface area contributed by atoms with E-state index < -0.39 is 0 Å². The van der Waals surface area contributed by atoms with Gasteiger partial charge in [0, 0.05) is 0 Å². The van der Waals surface area contributed by atoms with Crippen LogP contribution < -0.4 is 5.73 Å². The van der Waals surface area contributed by atoms with Gasteiger partial charge in [-0.3, -0.25) is 0 Å². The van der Waals surface area contributed by atoms with E-state index in [1.807, 2.05) is 0 Å². The number of fused-ring (bicyclic) bond motifs is 3. The molecule has 2 aliphatic rings. The number of nitrogens with zero attached hydrogens (tertiary/aromatic N) is 1. The molecule has 4 rings (SSSR count). The monoisotopic (exact) mass is 264 g/mol. The van der Waals surface area contributed by atoms with Crippen LogP contribution in [0.5, 0.6) is 0 Å². The average molecular weight is 264 g/mol. The number of nitrogens with two attached hydrogens (primary N) is 1. The first-order valence-corrected chi connectivity index (χ1v) is 6.85. The highest BCUT2D eigenvalue weighted by Crippen LogP contribution is 2.39. The third-order valence-corrected chi connectivity index (χ3v) is 4.27. The molecule has 100 valence electrons. The Morgan fingerprint density at radius 2 is 1.90 bits per heavy atom. The van der Waals surface area contributed by atoms with Crippen LogP contribution in [0.2, 0.25) is 0 Å². The summed E-state index contributed by atoms with van der Waals surface area (Å²) in [4.78, 5) is 4.44. The summed E-state index contributed by atoms with van der Waals surface area (Å²) in [5.74, 6) is 0. The zero-order valence-corrected chi connectivity index (χ0v) is 11.4. The van der Waals surface area contributed by atoms with Gasteiger partial charge in [-0.25, -0.2) is 4.99 Å². The largest absolute Gasteiger partial charge is 0.462 e. The van der Waals surface area contributed by atoms with Gasteiger partial charge in [0.05, 0.1) is 0 Å². The SMILES string of the molecule is CC1(c2ccc3c(c2)Cc2ccccc2-3)COC(N)=N1. The Hall–Kier alpha value is -2.29. The van der Waals surface area contributed by atoms with Gasteiger partial charge in [-0.2, -0.15) is 0 Å². The fourth-order valence-corrected chi connectivity index (χ4v) is 3.15. The van der Waals surface area contributed by atoms with Crippen molar-refractivity contribution in [1.82, 2.24) is 0 Å². The van der Waals surface area contributed by atoms with E-state index in [0.29, 0.717) is 6.61 Å². The molecule has 0 fully saturated rings. The van der Waals surface area contributed by atoms with Crippen LogP contribution in [-0.2, 0) is 16.7 Å². The molecule has 1 heterocycles. The molecule has 1 atom stereocenters. The molecule has 1 unspecified atom stereocenters. The van der Waals surface area contributed by atoms with Crippen LogP contribution in [0.1, 0.15) is 23.6 Å². The van der Waals surface area contributed by atoms with Gasteiger partial charge in [0.25, 0.3) is 6.02 Å². The maximum absolute atomic E-state index is 5.66. The molecule has 0 saturated heterocycles. The summed E-state index contributed by atoms with van der Waals surface area (Å²) < 4.78 is 5.33. The normalized spacial score (nSPS) is 22.9. The Bertz CT molecular complexity index is 736. The summed E-state index contributed by atoms with van der Waals surface area (Å²) in [7, 11) is 0.